The van der Waals surface area contributed by atoms with E-state index in [0.717, 1.165) is 6.42 Å². The Labute approximate surface area is 185 Å². The summed E-state index contributed by atoms with van der Waals surface area (Å²) in [5.74, 6) is -1.56. The minimum absolute atomic E-state index is 0.0943. The zero-order valence-electron chi connectivity index (χ0n) is 18.1. The number of fused-ring (bicyclic) bond motifs is 1. The third kappa shape index (κ3) is 3.93. The summed E-state index contributed by atoms with van der Waals surface area (Å²) >= 11 is 0. The van der Waals surface area contributed by atoms with Crippen LogP contribution in [-0.4, -0.2) is 41.8 Å². The molecular formula is C24H27FN4O3. The summed E-state index contributed by atoms with van der Waals surface area (Å²) in [7, 11) is 1.77. The molecule has 7 nitrogen and oxygen atoms in total. The number of carbonyl (C=O) groups is 1. The number of nitrogens with two attached hydrogens (primary N) is 1. The summed E-state index contributed by atoms with van der Waals surface area (Å²) < 4.78 is 16.7. The van der Waals surface area contributed by atoms with Crippen molar-refractivity contribution in [3.8, 4) is 0 Å². The normalized spacial score (nSPS) is 17.5. The topological polar surface area (TPSA) is 101 Å². The summed E-state index contributed by atoms with van der Waals surface area (Å²) in [5, 5.41) is 12.7. The fourth-order valence-corrected chi connectivity index (χ4v) is 4.25. The fourth-order valence-electron chi connectivity index (χ4n) is 4.25. The predicted octanol–water partition coefficient (Wildman–Crippen LogP) is 3.02. The van der Waals surface area contributed by atoms with Crippen molar-refractivity contribution >= 4 is 28.2 Å². The number of benzene rings is 2. The molecule has 4 rings (SSSR count). The number of pyridine rings is 1. The van der Waals surface area contributed by atoms with Crippen molar-refractivity contribution < 1.29 is 14.3 Å². The van der Waals surface area contributed by atoms with Crippen LogP contribution in [-0.2, 0) is 6.54 Å². The van der Waals surface area contributed by atoms with Crippen molar-refractivity contribution in [3.05, 3.63) is 69.8 Å². The summed E-state index contributed by atoms with van der Waals surface area (Å²) in [6.45, 7) is 3.44. The SMILES string of the molecule is CCn1cc(C(=O)O)c(=O)c2c(N)c(F)c(N(C)CCN[C@H]3C[C@@H]3c3ccccc3)cc21. The van der Waals surface area contributed by atoms with Gasteiger partial charge in [0, 0.05) is 44.8 Å². The Hall–Kier alpha value is -3.39. The molecule has 1 aromatic heterocycles. The van der Waals surface area contributed by atoms with E-state index in [2.05, 4.69) is 17.4 Å². The highest BCUT2D eigenvalue weighted by molar-refractivity contribution is 5.99. The van der Waals surface area contributed by atoms with E-state index in [1.165, 1.54) is 11.8 Å². The standard InChI is InChI=1S/C24H27FN4O3/c1-3-29-13-16(24(31)32)23(30)20-18(29)12-19(21(25)22(20)26)28(2)10-9-27-17-11-15(17)14-7-5-4-6-8-14/h4-8,12-13,15,17,27H,3,9-11,26H2,1-2H3,(H,31,32)/t15-,17+/m1/s1. The lowest BCUT2D eigenvalue weighted by molar-refractivity contribution is 0.0695. The molecule has 0 aliphatic heterocycles. The number of aromatic nitrogens is 1. The first kappa shape index (κ1) is 21.8. The van der Waals surface area contributed by atoms with Crippen LogP contribution in [0.4, 0.5) is 15.8 Å². The van der Waals surface area contributed by atoms with Gasteiger partial charge in [0.05, 0.1) is 22.3 Å². The first-order valence-corrected chi connectivity index (χ1v) is 10.7. The van der Waals surface area contributed by atoms with Gasteiger partial charge in [-0.2, -0.15) is 0 Å². The van der Waals surface area contributed by atoms with Gasteiger partial charge in [-0.25, -0.2) is 9.18 Å². The lowest BCUT2D eigenvalue weighted by atomic mass is 10.1. The molecule has 1 fully saturated rings. The number of likely N-dealkylation sites (N-methyl/N-ethyl adjacent to an activating group) is 1. The van der Waals surface area contributed by atoms with E-state index in [4.69, 9.17) is 5.73 Å². The van der Waals surface area contributed by atoms with E-state index in [9.17, 15) is 14.7 Å². The number of anilines is 2. The van der Waals surface area contributed by atoms with Crippen LogP contribution in [0.25, 0.3) is 10.9 Å². The van der Waals surface area contributed by atoms with Crippen LogP contribution in [0.3, 0.4) is 0 Å². The quantitative estimate of drug-likeness (QED) is 0.468. The Morgan fingerprint density at radius 3 is 2.72 bits per heavy atom. The summed E-state index contributed by atoms with van der Waals surface area (Å²) in [6, 6.07) is 12.3. The molecule has 1 aliphatic rings. The minimum atomic E-state index is -1.36. The second-order valence-corrected chi connectivity index (χ2v) is 8.22. The van der Waals surface area contributed by atoms with Gasteiger partial charge in [0.2, 0.25) is 5.43 Å². The Bertz CT molecular complexity index is 1230. The van der Waals surface area contributed by atoms with Crippen LogP contribution in [0.15, 0.2) is 47.4 Å². The molecule has 1 saturated carbocycles. The number of nitrogens with zero attached hydrogens (tertiary/aromatic N) is 2. The van der Waals surface area contributed by atoms with Crippen LogP contribution in [0, 0.1) is 5.82 Å². The molecule has 2 atom stereocenters. The number of hydrogen-bond acceptors (Lipinski definition) is 5. The van der Waals surface area contributed by atoms with Gasteiger partial charge in [0.25, 0.3) is 0 Å². The molecule has 0 amide bonds. The van der Waals surface area contributed by atoms with Gasteiger partial charge in [-0.15, -0.1) is 0 Å². The third-order valence-electron chi connectivity index (χ3n) is 6.18. The molecule has 168 valence electrons. The Balaban J connectivity index is 1.54. The number of nitrogens with one attached hydrogen (secondary N) is 1. The highest BCUT2D eigenvalue weighted by atomic mass is 19.1. The molecule has 0 saturated heterocycles. The lowest BCUT2D eigenvalue weighted by Crippen LogP contribution is -2.31. The summed E-state index contributed by atoms with van der Waals surface area (Å²) in [4.78, 5) is 25.8. The van der Waals surface area contributed by atoms with Crippen molar-refractivity contribution in [2.24, 2.45) is 0 Å². The van der Waals surface area contributed by atoms with Gasteiger partial charge in [-0.1, -0.05) is 30.3 Å². The van der Waals surface area contributed by atoms with Crippen LogP contribution in [0.1, 0.15) is 35.2 Å². The van der Waals surface area contributed by atoms with E-state index in [-0.39, 0.29) is 16.8 Å². The second kappa shape index (κ2) is 8.63. The zero-order valence-corrected chi connectivity index (χ0v) is 18.1. The minimum Gasteiger partial charge on any atom is -0.477 e. The van der Waals surface area contributed by atoms with Gasteiger partial charge >= 0.3 is 5.97 Å². The van der Waals surface area contributed by atoms with E-state index in [1.807, 2.05) is 25.1 Å². The summed E-state index contributed by atoms with van der Waals surface area (Å²) in [5.41, 5.74) is 6.50. The Kier molecular flexibility index (Phi) is 5.88. The van der Waals surface area contributed by atoms with Crippen molar-refractivity contribution in [3.63, 3.8) is 0 Å². The number of carboxylic acids is 1. The Morgan fingerprint density at radius 2 is 2.06 bits per heavy atom. The summed E-state index contributed by atoms with van der Waals surface area (Å²) in [6.07, 6.45) is 2.37. The maximum absolute atomic E-state index is 15.1. The number of carboxylic acid groups (broad SMARTS) is 1. The molecule has 2 aromatic carbocycles. The molecular weight excluding hydrogens is 411 g/mol. The van der Waals surface area contributed by atoms with Gasteiger partial charge in [-0.05, 0) is 25.0 Å². The average Bonchev–Trinajstić information content (AvgIpc) is 3.56. The number of halogens is 1. The van der Waals surface area contributed by atoms with Gasteiger partial charge in [0.15, 0.2) is 5.82 Å². The fraction of sp³-hybridized carbons (Fsp3) is 0.333. The third-order valence-corrected chi connectivity index (χ3v) is 6.18. The monoisotopic (exact) mass is 438 g/mol. The maximum atomic E-state index is 15.1. The lowest BCUT2D eigenvalue weighted by Gasteiger charge is -2.23. The molecule has 32 heavy (non-hydrogen) atoms. The molecule has 0 bridgehead atoms. The van der Waals surface area contributed by atoms with Gasteiger partial charge < -0.3 is 25.6 Å². The molecule has 0 unspecified atom stereocenters. The van der Waals surface area contributed by atoms with Crippen LogP contribution < -0.4 is 21.4 Å². The molecule has 4 N–H and O–H groups in total. The van der Waals surface area contributed by atoms with Crippen molar-refractivity contribution in [2.45, 2.75) is 31.8 Å². The molecule has 8 heteroatoms. The number of hydrogen-bond donors (Lipinski definition) is 3. The molecule has 0 spiro atoms. The number of rotatable bonds is 8. The van der Waals surface area contributed by atoms with Crippen molar-refractivity contribution in [1.82, 2.24) is 9.88 Å². The van der Waals surface area contributed by atoms with E-state index < -0.39 is 22.8 Å². The number of aromatic carboxylic acids is 1. The van der Waals surface area contributed by atoms with Crippen LogP contribution in [0.5, 0.6) is 0 Å². The highest BCUT2D eigenvalue weighted by Crippen LogP contribution is 2.40. The van der Waals surface area contributed by atoms with Crippen molar-refractivity contribution in [2.75, 3.05) is 30.8 Å². The van der Waals surface area contributed by atoms with E-state index in [0.29, 0.717) is 37.1 Å². The van der Waals surface area contributed by atoms with Crippen molar-refractivity contribution in [1.29, 1.82) is 0 Å². The van der Waals surface area contributed by atoms with E-state index >= 15 is 4.39 Å². The second-order valence-electron chi connectivity index (χ2n) is 8.22. The van der Waals surface area contributed by atoms with Gasteiger partial charge in [-0.3, -0.25) is 4.79 Å². The zero-order chi connectivity index (χ0) is 23.0. The first-order valence-electron chi connectivity index (χ1n) is 10.7. The molecule has 0 radical (unpaired) electrons. The molecule has 3 aromatic rings. The van der Waals surface area contributed by atoms with Crippen LogP contribution in [0.2, 0.25) is 0 Å². The van der Waals surface area contributed by atoms with E-state index in [1.54, 1.807) is 22.6 Å². The highest BCUT2D eigenvalue weighted by Gasteiger charge is 2.37. The van der Waals surface area contributed by atoms with Crippen LogP contribution >= 0.6 is 0 Å². The smallest absolute Gasteiger partial charge is 0.341 e. The Morgan fingerprint density at radius 1 is 1.34 bits per heavy atom. The average molecular weight is 439 g/mol. The molecule has 1 heterocycles. The maximum Gasteiger partial charge on any atom is 0.341 e. The number of nitrogen functional groups attached to an aromatic ring is 1. The first-order chi connectivity index (χ1) is 15.3. The van der Waals surface area contributed by atoms with Gasteiger partial charge in [0.1, 0.15) is 5.56 Å². The molecule has 1 aliphatic carbocycles. The number of aryl methyl sites for hydroxylation is 1. The largest absolute Gasteiger partial charge is 0.477 e. The predicted molar refractivity (Wildman–Crippen MR) is 124 cm³/mol.